The van der Waals surface area contributed by atoms with Crippen LogP contribution in [0.5, 0.6) is 0 Å². The van der Waals surface area contributed by atoms with Crippen LogP contribution in [-0.4, -0.2) is 23.8 Å². The van der Waals surface area contributed by atoms with Gasteiger partial charge in [0.15, 0.2) is 0 Å². The van der Waals surface area contributed by atoms with E-state index in [1.165, 1.54) is 4.31 Å². The normalized spacial score (nSPS) is 19.1. The molecule has 4 rings (SSSR count). The van der Waals surface area contributed by atoms with Crippen LogP contribution >= 0.6 is 11.6 Å². The number of carboxylic acids is 1. The lowest BCUT2D eigenvalue weighted by atomic mass is 9.84. The quantitative estimate of drug-likeness (QED) is 0.397. The maximum atomic E-state index is 14.2. The Bertz CT molecular complexity index is 1390. The van der Waals surface area contributed by atoms with Crippen molar-refractivity contribution in [3.05, 3.63) is 112 Å². The monoisotopic (exact) mass is 523 g/mol. The Morgan fingerprint density at radius 2 is 1.47 bits per heavy atom. The lowest BCUT2D eigenvalue weighted by Gasteiger charge is -2.40. The van der Waals surface area contributed by atoms with E-state index in [2.05, 4.69) is 20.8 Å². The summed E-state index contributed by atoms with van der Waals surface area (Å²) in [7, 11) is -4.09. The van der Waals surface area contributed by atoms with E-state index in [1.54, 1.807) is 54.6 Å². The number of hydrogen-bond donors (Lipinski definition) is 1. The first-order valence-corrected chi connectivity index (χ1v) is 13.6. The average Bonchev–Trinajstić information content (AvgIpc) is 2.83. The molecule has 2 atom stereocenters. The summed E-state index contributed by atoms with van der Waals surface area (Å²) in [5, 5.41) is 10.7. The average molecular weight is 524 g/mol. The Morgan fingerprint density at radius 1 is 0.917 bits per heavy atom. The Balaban J connectivity index is 1.94. The second kappa shape index (κ2) is 9.85. The molecule has 1 aliphatic rings. The third-order valence-corrected chi connectivity index (χ3v) is 8.75. The topological polar surface area (TPSA) is 74.7 Å². The molecule has 0 saturated heterocycles. The Morgan fingerprint density at radius 3 is 2.00 bits per heavy atom. The van der Waals surface area contributed by atoms with Gasteiger partial charge in [0.1, 0.15) is 0 Å². The minimum atomic E-state index is -4.09. The van der Waals surface area contributed by atoms with Crippen molar-refractivity contribution in [1.82, 2.24) is 4.31 Å². The van der Waals surface area contributed by atoms with Crippen LogP contribution in [0.15, 0.2) is 89.3 Å². The van der Waals surface area contributed by atoms with Crippen LogP contribution in [0.25, 0.3) is 0 Å². The Labute approximate surface area is 218 Å². The van der Waals surface area contributed by atoms with Gasteiger partial charge in [-0.25, -0.2) is 13.2 Å². The number of aliphatic carboxylic acids is 1. The summed E-state index contributed by atoms with van der Waals surface area (Å²) in [6, 6.07) is 19.6. The summed E-state index contributed by atoms with van der Waals surface area (Å²) in [6.45, 7) is 8.17. The third kappa shape index (κ3) is 5.12. The molecule has 5 nitrogen and oxygen atoms in total. The first-order chi connectivity index (χ1) is 16.9. The number of carboxylic acid groups (broad SMARTS) is 1. The van der Waals surface area contributed by atoms with Gasteiger partial charge in [-0.2, -0.15) is 4.31 Å². The van der Waals surface area contributed by atoms with Crippen molar-refractivity contribution in [2.45, 2.75) is 56.5 Å². The van der Waals surface area contributed by atoms with Crippen LogP contribution in [0.2, 0.25) is 5.02 Å². The van der Waals surface area contributed by atoms with E-state index in [0.717, 1.165) is 16.7 Å². The molecule has 1 heterocycles. The lowest BCUT2D eigenvalue weighted by Crippen LogP contribution is -2.42. The van der Waals surface area contributed by atoms with Crippen LogP contribution in [0.4, 0.5) is 0 Å². The van der Waals surface area contributed by atoms with Gasteiger partial charge in [-0.05, 0) is 59.7 Å². The van der Waals surface area contributed by atoms with E-state index in [0.29, 0.717) is 10.6 Å². The van der Waals surface area contributed by atoms with Gasteiger partial charge in [-0.3, -0.25) is 0 Å². The van der Waals surface area contributed by atoms with Crippen LogP contribution in [0.1, 0.15) is 61.5 Å². The first kappa shape index (κ1) is 26.1. The molecule has 0 unspecified atom stereocenters. The maximum absolute atomic E-state index is 14.2. The zero-order chi connectivity index (χ0) is 26.3. The second-order valence-electron chi connectivity index (χ2n) is 10.2. The Hall–Kier alpha value is -2.93. The molecule has 0 aromatic heterocycles. The number of rotatable bonds is 5. The van der Waals surface area contributed by atoms with Crippen LogP contribution in [-0.2, 0) is 20.2 Å². The second-order valence-corrected chi connectivity index (χ2v) is 12.5. The van der Waals surface area contributed by atoms with E-state index in [1.807, 2.05) is 31.2 Å². The van der Waals surface area contributed by atoms with Crippen molar-refractivity contribution >= 4 is 27.6 Å². The van der Waals surface area contributed by atoms with Crippen molar-refractivity contribution in [1.29, 1.82) is 0 Å². The molecule has 0 saturated carbocycles. The lowest BCUT2D eigenvalue weighted by molar-refractivity contribution is -0.133. The highest BCUT2D eigenvalue weighted by Gasteiger charge is 2.44. The number of hydrogen-bond acceptors (Lipinski definition) is 3. The summed E-state index contributed by atoms with van der Waals surface area (Å²) in [5.41, 5.74) is 3.29. The van der Waals surface area contributed by atoms with E-state index in [9.17, 15) is 18.3 Å². The van der Waals surface area contributed by atoms with Gasteiger partial charge in [0.2, 0.25) is 10.0 Å². The summed E-state index contributed by atoms with van der Waals surface area (Å²) < 4.78 is 29.8. The molecular formula is C29H30ClNO4S. The fraction of sp³-hybridized carbons (Fsp3) is 0.276. The molecule has 0 amide bonds. The predicted molar refractivity (Wildman–Crippen MR) is 143 cm³/mol. The van der Waals surface area contributed by atoms with Crippen molar-refractivity contribution in [2.75, 3.05) is 0 Å². The highest BCUT2D eigenvalue weighted by Crippen LogP contribution is 2.46. The van der Waals surface area contributed by atoms with Crippen LogP contribution in [0, 0.1) is 6.92 Å². The summed E-state index contributed by atoms with van der Waals surface area (Å²) >= 11 is 6.11. The number of benzene rings is 3. The number of aryl methyl sites for hydroxylation is 1. The van der Waals surface area contributed by atoms with E-state index in [4.69, 9.17) is 11.6 Å². The van der Waals surface area contributed by atoms with E-state index >= 15 is 0 Å². The number of sulfonamides is 1. The molecule has 0 radical (unpaired) electrons. The van der Waals surface area contributed by atoms with Gasteiger partial charge in [0.05, 0.1) is 22.6 Å². The van der Waals surface area contributed by atoms with Gasteiger partial charge < -0.3 is 5.11 Å². The molecule has 0 bridgehead atoms. The van der Waals surface area contributed by atoms with Gasteiger partial charge in [0, 0.05) is 5.02 Å². The maximum Gasteiger partial charge on any atom is 0.333 e. The molecular weight excluding hydrogens is 494 g/mol. The number of carbonyl (C=O) groups is 1. The highest BCUT2D eigenvalue weighted by molar-refractivity contribution is 7.89. The van der Waals surface area contributed by atoms with Crippen molar-refractivity contribution in [3.63, 3.8) is 0 Å². The van der Waals surface area contributed by atoms with Gasteiger partial charge in [-0.1, -0.05) is 92.5 Å². The molecule has 3 aromatic rings. The fourth-order valence-corrected chi connectivity index (χ4v) is 6.48. The molecule has 0 spiro atoms. The third-order valence-electron chi connectivity index (χ3n) is 6.61. The zero-order valence-corrected chi connectivity index (χ0v) is 22.3. The smallest absolute Gasteiger partial charge is 0.333 e. The molecule has 3 aromatic carbocycles. The molecule has 0 fully saturated rings. The van der Waals surface area contributed by atoms with Crippen molar-refractivity contribution in [3.8, 4) is 0 Å². The van der Waals surface area contributed by atoms with Crippen LogP contribution < -0.4 is 0 Å². The highest BCUT2D eigenvalue weighted by atomic mass is 35.5. The van der Waals surface area contributed by atoms with Gasteiger partial charge >= 0.3 is 5.97 Å². The largest absolute Gasteiger partial charge is 0.478 e. The molecule has 188 valence electrons. The van der Waals surface area contributed by atoms with E-state index < -0.39 is 28.1 Å². The van der Waals surface area contributed by atoms with Crippen LogP contribution in [0.3, 0.4) is 0 Å². The molecule has 1 aliphatic heterocycles. The zero-order valence-electron chi connectivity index (χ0n) is 20.8. The standard InChI is InChI=1S/C29H30ClNO4S/c1-19-5-15-24(16-6-19)36(34,35)31-26(20-9-13-23(30)14-10-20)18-17-25(28(32)33)27(31)21-7-11-22(12-8-21)29(2,3)4/h5-17,26-27H,18H2,1-4H3,(H,32,33)/t26-,27-/m0/s1. The van der Waals surface area contributed by atoms with Gasteiger partial charge in [0.25, 0.3) is 0 Å². The molecule has 0 aliphatic carbocycles. The van der Waals surface area contributed by atoms with Gasteiger partial charge in [-0.15, -0.1) is 0 Å². The number of halogens is 1. The minimum absolute atomic E-state index is 0.0411. The number of nitrogens with zero attached hydrogens (tertiary/aromatic N) is 1. The summed E-state index contributed by atoms with van der Waals surface area (Å²) in [6.07, 6.45) is 1.87. The fourth-order valence-electron chi connectivity index (χ4n) is 4.57. The SMILES string of the molecule is Cc1ccc(S(=O)(=O)N2[C@@H](c3ccc(C(C)(C)C)cc3)C(C(=O)O)=CC[C@H]2c2ccc(Cl)cc2)cc1. The van der Waals surface area contributed by atoms with Crippen molar-refractivity contribution in [2.24, 2.45) is 0 Å². The summed E-state index contributed by atoms with van der Waals surface area (Å²) in [5.74, 6) is -1.14. The Kier molecular flexibility index (Phi) is 7.15. The first-order valence-electron chi connectivity index (χ1n) is 11.8. The van der Waals surface area contributed by atoms with E-state index in [-0.39, 0.29) is 22.3 Å². The molecule has 7 heteroatoms. The minimum Gasteiger partial charge on any atom is -0.478 e. The van der Waals surface area contributed by atoms with Crippen molar-refractivity contribution < 1.29 is 18.3 Å². The molecule has 36 heavy (non-hydrogen) atoms. The summed E-state index contributed by atoms with van der Waals surface area (Å²) in [4.78, 5) is 12.5. The molecule has 1 N–H and O–H groups in total. The predicted octanol–water partition coefficient (Wildman–Crippen LogP) is 6.83.